The molecule has 0 unspecified atom stereocenters. The van der Waals surface area contributed by atoms with Gasteiger partial charge in [0.15, 0.2) is 0 Å². The van der Waals surface area contributed by atoms with E-state index in [2.05, 4.69) is 22.6 Å². The molecule has 0 heterocycles. The van der Waals surface area contributed by atoms with Crippen LogP contribution in [0.4, 0.5) is 5.69 Å². The number of benzene rings is 1. The molecule has 14 heavy (non-hydrogen) atoms. The van der Waals surface area contributed by atoms with Gasteiger partial charge in [0.25, 0.3) is 0 Å². The fraction of sp³-hybridized carbons (Fsp3) is 0.222. The Balaban J connectivity index is 2.97. The van der Waals surface area contributed by atoms with Gasteiger partial charge in [0.2, 0.25) is 0 Å². The van der Waals surface area contributed by atoms with Gasteiger partial charge in [-0.15, -0.1) is 0 Å². The van der Waals surface area contributed by atoms with E-state index in [0.717, 1.165) is 4.43 Å². The van der Waals surface area contributed by atoms with Crippen molar-refractivity contribution < 1.29 is 14.6 Å². The van der Waals surface area contributed by atoms with Gasteiger partial charge in [0.05, 0.1) is 6.61 Å². The van der Waals surface area contributed by atoms with Gasteiger partial charge >= 0.3 is 5.97 Å². The highest BCUT2D eigenvalue weighted by atomic mass is 127. The monoisotopic (exact) mass is 307 g/mol. The van der Waals surface area contributed by atoms with Crippen molar-refractivity contribution in [1.82, 2.24) is 0 Å². The molecule has 0 aliphatic carbocycles. The second kappa shape index (κ2) is 5.04. The van der Waals surface area contributed by atoms with Crippen LogP contribution in [0.25, 0.3) is 0 Å². The van der Waals surface area contributed by atoms with Crippen LogP contribution in [0.3, 0.4) is 0 Å². The lowest BCUT2D eigenvalue weighted by Gasteiger charge is -2.08. The van der Waals surface area contributed by atoms with E-state index in [0.29, 0.717) is 18.0 Å². The van der Waals surface area contributed by atoms with Crippen LogP contribution in [0.5, 0.6) is 5.75 Å². The van der Waals surface area contributed by atoms with Crippen molar-refractivity contribution in [3.63, 3.8) is 0 Å². The first kappa shape index (κ1) is 11.1. The summed E-state index contributed by atoms with van der Waals surface area (Å²) in [5, 5.41) is 8.83. The van der Waals surface area contributed by atoms with Gasteiger partial charge in [-0.1, -0.05) is 22.6 Å². The molecule has 3 N–H and O–H groups in total. The average Bonchev–Trinajstić information content (AvgIpc) is 2.14. The standard InChI is InChI=1S/C9H10INO3/c10-3-4-14-8-5-6(11)1-2-7(8)9(12)13/h1-2,5H,3-4,11H2,(H,12,13). The average molecular weight is 307 g/mol. The van der Waals surface area contributed by atoms with Crippen LogP contribution in [0.15, 0.2) is 18.2 Å². The van der Waals surface area contributed by atoms with Crippen LogP contribution in [-0.2, 0) is 0 Å². The summed E-state index contributed by atoms with van der Waals surface area (Å²) in [6.45, 7) is 0.476. The molecule has 0 atom stereocenters. The third-order valence-corrected chi connectivity index (χ3v) is 2.01. The molecule has 0 saturated heterocycles. The number of rotatable bonds is 4. The SMILES string of the molecule is Nc1ccc(C(=O)O)c(OCCI)c1. The number of hydrogen-bond acceptors (Lipinski definition) is 3. The fourth-order valence-corrected chi connectivity index (χ4v) is 1.20. The summed E-state index contributed by atoms with van der Waals surface area (Å²) in [7, 11) is 0. The summed E-state index contributed by atoms with van der Waals surface area (Å²) in [4.78, 5) is 10.8. The maximum Gasteiger partial charge on any atom is 0.339 e. The molecule has 0 aliphatic rings. The third kappa shape index (κ3) is 2.76. The molecule has 4 nitrogen and oxygen atoms in total. The number of ether oxygens (including phenoxy) is 1. The number of carbonyl (C=O) groups is 1. The van der Waals surface area contributed by atoms with Crippen LogP contribution in [0, 0.1) is 0 Å². The molecule has 0 amide bonds. The molecule has 5 heteroatoms. The molecular formula is C9H10INO3. The summed E-state index contributed by atoms with van der Waals surface area (Å²) in [6, 6.07) is 4.51. The van der Waals surface area contributed by atoms with Gasteiger partial charge in [0, 0.05) is 16.2 Å². The number of carboxylic acids is 1. The van der Waals surface area contributed by atoms with Crippen molar-refractivity contribution in [3.05, 3.63) is 23.8 Å². The predicted octanol–water partition coefficient (Wildman–Crippen LogP) is 1.78. The lowest BCUT2D eigenvalue weighted by molar-refractivity contribution is 0.0692. The van der Waals surface area contributed by atoms with Crippen molar-refractivity contribution in [2.45, 2.75) is 0 Å². The Morgan fingerprint density at radius 3 is 2.86 bits per heavy atom. The largest absolute Gasteiger partial charge is 0.492 e. The number of nitrogen functional groups attached to an aromatic ring is 1. The van der Waals surface area contributed by atoms with E-state index in [9.17, 15) is 4.79 Å². The van der Waals surface area contributed by atoms with Crippen LogP contribution in [0.1, 0.15) is 10.4 Å². The summed E-state index contributed by atoms with van der Waals surface area (Å²) in [5.41, 5.74) is 6.17. The molecule has 0 aliphatic heterocycles. The Morgan fingerprint density at radius 2 is 2.29 bits per heavy atom. The number of carboxylic acid groups (broad SMARTS) is 1. The second-order valence-electron chi connectivity index (χ2n) is 2.60. The van der Waals surface area contributed by atoms with Crippen molar-refractivity contribution >= 4 is 34.2 Å². The molecule has 0 spiro atoms. The Labute approximate surface area is 95.2 Å². The topological polar surface area (TPSA) is 72.6 Å². The summed E-state index contributed by atoms with van der Waals surface area (Å²) in [5.74, 6) is -0.678. The number of nitrogens with two attached hydrogens (primary N) is 1. The number of halogens is 1. The lowest BCUT2D eigenvalue weighted by atomic mass is 10.2. The first-order chi connectivity index (χ1) is 6.65. The Morgan fingerprint density at radius 1 is 1.57 bits per heavy atom. The highest BCUT2D eigenvalue weighted by Gasteiger charge is 2.10. The van der Waals surface area contributed by atoms with Gasteiger partial charge in [-0.3, -0.25) is 0 Å². The molecule has 0 radical (unpaired) electrons. The minimum Gasteiger partial charge on any atom is -0.492 e. The fourth-order valence-electron chi connectivity index (χ4n) is 0.984. The highest BCUT2D eigenvalue weighted by Crippen LogP contribution is 2.21. The van der Waals surface area contributed by atoms with E-state index in [1.54, 1.807) is 6.07 Å². The van der Waals surface area contributed by atoms with Gasteiger partial charge in [-0.25, -0.2) is 4.79 Å². The molecule has 0 fully saturated rings. The lowest BCUT2D eigenvalue weighted by Crippen LogP contribution is -2.05. The minimum atomic E-state index is -1.01. The van der Waals surface area contributed by atoms with E-state index in [4.69, 9.17) is 15.6 Å². The highest BCUT2D eigenvalue weighted by molar-refractivity contribution is 14.1. The molecule has 0 saturated carbocycles. The van der Waals surface area contributed by atoms with E-state index in [-0.39, 0.29) is 5.56 Å². The number of anilines is 1. The molecular weight excluding hydrogens is 297 g/mol. The first-order valence-corrected chi connectivity index (χ1v) is 5.49. The molecule has 1 aromatic rings. The molecule has 1 aromatic carbocycles. The number of aromatic carboxylic acids is 1. The zero-order valence-corrected chi connectivity index (χ0v) is 9.52. The molecule has 1 rings (SSSR count). The van der Waals surface area contributed by atoms with Crippen molar-refractivity contribution in [1.29, 1.82) is 0 Å². The Bertz CT molecular complexity index is 341. The zero-order chi connectivity index (χ0) is 10.6. The smallest absolute Gasteiger partial charge is 0.339 e. The quantitative estimate of drug-likeness (QED) is 0.505. The van der Waals surface area contributed by atoms with Crippen LogP contribution in [0.2, 0.25) is 0 Å². The van der Waals surface area contributed by atoms with E-state index < -0.39 is 5.97 Å². The summed E-state index contributed by atoms with van der Waals surface area (Å²) >= 11 is 2.15. The Hall–Kier alpha value is -0.980. The first-order valence-electron chi connectivity index (χ1n) is 3.96. The van der Waals surface area contributed by atoms with Gasteiger partial charge < -0.3 is 15.6 Å². The number of hydrogen-bond donors (Lipinski definition) is 2. The van der Waals surface area contributed by atoms with Crippen LogP contribution < -0.4 is 10.5 Å². The predicted molar refractivity (Wildman–Crippen MR) is 62.2 cm³/mol. The van der Waals surface area contributed by atoms with Crippen LogP contribution >= 0.6 is 22.6 Å². The van der Waals surface area contributed by atoms with E-state index in [1.807, 2.05) is 0 Å². The zero-order valence-electron chi connectivity index (χ0n) is 7.37. The molecule has 76 valence electrons. The van der Waals surface area contributed by atoms with E-state index >= 15 is 0 Å². The van der Waals surface area contributed by atoms with Gasteiger partial charge in [-0.05, 0) is 12.1 Å². The van der Waals surface area contributed by atoms with Gasteiger partial charge in [0.1, 0.15) is 11.3 Å². The summed E-state index contributed by atoms with van der Waals surface area (Å²) in [6.07, 6.45) is 0. The van der Waals surface area contributed by atoms with Crippen molar-refractivity contribution in [2.24, 2.45) is 0 Å². The second-order valence-corrected chi connectivity index (χ2v) is 3.68. The van der Waals surface area contributed by atoms with Crippen molar-refractivity contribution in [3.8, 4) is 5.75 Å². The molecule has 0 aromatic heterocycles. The third-order valence-electron chi connectivity index (χ3n) is 1.57. The maximum atomic E-state index is 10.8. The number of alkyl halides is 1. The normalized spacial score (nSPS) is 9.79. The van der Waals surface area contributed by atoms with E-state index in [1.165, 1.54) is 12.1 Å². The van der Waals surface area contributed by atoms with Gasteiger partial charge in [-0.2, -0.15) is 0 Å². The minimum absolute atomic E-state index is 0.143. The Kier molecular flexibility index (Phi) is 3.99. The van der Waals surface area contributed by atoms with Crippen LogP contribution in [-0.4, -0.2) is 22.1 Å². The molecule has 0 bridgehead atoms. The summed E-state index contributed by atoms with van der Waals surface area (Å²) < 4.78 is 6.06. The maximum absolute atomic E-state index is 10.8. The van der Waals surface area contributed by atoms with Crippen molar-refractivity contribution in [2.75, 3.05) is 16.8 Å².